The van der Waals surface area contributed by atoms with Crippen molar-refractivity contribution >= 4 is 29.1 Å². The van der Waals surface area contributed by atoms with Crippen LogP contribution in [0.2, 0.25) is 0 Å². The van der Waals surface area contributed by atoms with Gasteiger partial charge < -0.3 is 5.32 Å². The van der Waals surface area contributed by atoms with Gasteiger partial charge in [0.25, 0.3) is 5.91 Å². The first kappa shape index (κ1) is 18.1. The molecule has 2 aromatic rings. The first-order valence-corrected chi connectivity index (χ1v) is 10.5. The Hall–Kier alpha value is -2.95. The summed E-state index contributed by atoms with van der Waals surface area (Å²) in [6, 6.07) is 14.6. The summed E-state index contributed by atoms with van der Waals surface area (Å²) in [5.41, 5.74) is 2.79. The molecule has 3 aliphatic rings. The number of fused-ring (bicyclic) bond motifs is 5. The number of hydrogen-bond acceptors (Lipinski definition) is 3. The lowest BCUT2D eigenvalue weighted by Gasteiger charge is -2.19. The molecule has 0 unspecified atom stereocenters. The molecule has 0 radical (unpaired) electrons. The van der Waals surface area contributed by atoms with Crippen LogP contribution in [0, 0.1) is 23.7 Å². The quantitative estimate of drug-likeness (QED) is 0.804. The minimum absolute atomic E-state index is 0.0823. The number of nitrogens with zero attached hydrogens (tertiary/aromatic N) is 1. The highest BCUT2D eigenvalue weighted by atomic mass is 16.2. The van der Waals surface area contributed by atoms with Crippen molar-refractivity contribution in [2.75, 3.05) is 10.2 Å². The number of imide groups is 1. The molecule has 5 rings (SSSR count). The van der Waals surface area contributed by atoms with Crippen LogP contribution in [0.1, 0.15) is 42.1 Å². The summed E-state index contributed by atoms with van der Waals surface area (Å²) in [4.78, 5) is 40.2. The molecule has 2 bridgehead atoms. The zero-order valence-corrected chi connectivity index (χ0v) is 16.4. The number of anilines is 2. The average molecular weight is 388 g/mol. The van der Waals surface area contributed by atoms with Gasteiger partial charge >= 0.3 is 0 Å². The molecular weight excluding hydrogens is 364 g/mol. The van der Waals surface area contributed by atoms with Crippen molar-refractivity contribution in [3.63, 3.8) is 0 Å². The number of benzene rings is 2. The van der Waals surface area contributed by atoms with E-state index in [1.54, 1.807) is 24.3 Å². The second-order valence-corrected chi connectivity index (χ2v) is 8.41. The third-order valence-electron chi connectivity index (χ3n) is 6.94. The SMILES string of the molecule is CCc1ccccc1NC(=O)c1cccc(N2C(=O)[C@H]3[C@H]4CC[C@@H](C4)[C@@H]3C2=O)c1. The summed E-state index contributed by atoms with van der Waals surface area (Å²) in [6.07, 6.45) is 3.94. The molecule has 1 N–H and O–H groups in total. The summed E-state index contributed by atoms with van der Waals surface area (Å²) in [5, 5.41) is 2.95. The van der Waals surface area contributed by atoms with E-state index < -0.39 is 0 Å². The van der Waals surface area contributed by atoms with Gasteiger partial charge in [-0.3, -0.25) is 19.3 Å². The van der Waals surface area contributed by atoms with Crippen LogP contribution in [0.4, 0.5) is 11.4 Å². The van der Waals surface area contributed by atoms with E-state index in [-0.39, 0.29) is 29.6 Å². The second kappa shape index (κ2) is 6.83. The van der Waals surface area contributed by atoms with Gasteiger partial charge in [0, 0.05) is 11.3 Å². The molecule has 29 heavy (non-hydrogen) atoms. The monoisotopic (exact) mass is 388 g/mol. The minimum Gasteiger partial charge on any atom is -0.322 e. The minimum atomic E-state index is -0.243. The Kier molecular flexibility index (Phi) is 4.26. The molecule has 1 saturated heterocycles. The van der Waals surface area contributed by atoms with E-state index in [4.69, 9.17) is 0 Å². The van der Waals surface area contributed by atoms with E-state index >= 15 is 0 Å². The van der Waals surface area contributed by atoms with Gasteiger partial charge in [-0.25, -0.2) is 0 Å². The summed E-state index contributed by atoms with van der Waals surface area (Å²) in [7, 11) is 0. The van der Waals surface area contributed by atoms with Crippen molar-refractivity contribution in [2.24, 2.45) is 23.7 Å². The first-order valence-electron chi connectivity index (χ1n) is 10.5. The average Bonchev–Trinajstić information content (AvgIpc) is 3.42. The Labute approximate surface area is 170 Å². The lowest BCUT2D eigenvalue weighted by atomic mass is 9.81. The molecular formula is C24H24N2O3. The number of aryl methyl sites for hydroxylation is 1. The highest BCUT2D eigenvalue weighted by molar-refractivity contribution is 6.23. The zero-order chi connectivity index (χ0) is 20.1. The summed E-state index contributed by atoms with van der Waals surface area (Å²) >= 11 is 0. The number of amides is 3. The zero-order valence-electron chi connectivity index (χ0n) is 16.4. The number of carbonyl (C=O) groups is 3. The van der Waals surface area contributed by atoms with E-state index in [1.165, 1.54) is 4.90 Å². The summed E-state index contributed by atoms with van der Waals surface area (Å²) < 4.78 is 0. The Morgan fingerprint density at radius 1 is 1.00 bits per heavy atom. The fourth-order valence-electron chi connectivity index (χ4n) is 5.59. The predicted molar refractivity (Wildman–Crippen MR) is 111 cm³/mol. The molecule has 3 fully saturated rings. The van der Waals surface area contributed by atoms with Gasteiger partial charge in [-0.15, -0.1) is 0 Å². The molecule has 5 nitrogen and oxygen atoms in total. The fourth-order valence-corrected chi connectivity index (χ4v) is 5.59. The second-order valence-electron chi connectivity index (χ2n) is 8.41. The van der Waals surface area contributed by atoms with Crippen molar-refractivity contribution < 1.29 is 14.4 Å². The van der Waals surface area contributed by atoms with E-state index in [9.17, 15) is 14.4 Å². The molecule has 1 heterocycles. The number of hydrogen-bond donors (Lipinski definition) is 1. The Balaban J connectivity index is 1.41. The van der Waals surface area contributed by atoms with Crippen molar-refractivity contribution in [1.82, 2.24) is 0 Å². The number of carbonyl (C=O) groups excluding carboxylic acids is 3. The van der Waals surface area contributed by atoms with Crippen molar-refractivity contribution in [1.29, 1.82) is 0 Å². The standard InChI is InChI=1S/C24H24N2O3/c1-2-14-6-3-4-9-19(14)25-22(27)17-7-5-8-18(13-17)26-23(28)20-15-10-11-16(12-15)21(20)24(26)29/h3-9,13,15-16,20-21H,2,10-12H2,1H3,(H,25,27)/t15-,16-,20-,21-/m0/s1. The highest BCUT2D eigenvalue weighted by Gasteiger charge is 2.61. The van der Waals surface area contributed by atoms with E-state index in [0.717, 1.165) is 36.9 Å². The molecule has 3 amide bonds. The van der Waals surface area contributed by atoms with Crippen LogP contribution in [0.5, 0.6) is 0 Å². The predicted octanol–water partition coefficient (Wildman–Crippen LogP) is 4.04. The maximum atomic E-state index is 13.0. The van der Waals surface area contributed by atoms with Gasteiger partial charge in [0.05, 0.1) is 17.5 Å². The van der Waals surface area contributed by atoms with Crippen LogP contribution < -0.4 is 10.2 Å². The molecule has 0 spiro atoms. The van der Waals surface area contributed by atoms with Gasteiger partial charge in [0.2, 0.25) is 11.8 Å². The normalized spacial score (nSPS) is 27.4. The van der Waals surface area contributed by atoms with Gasteiger partial charge in [0.1, 0.15) is 0 Å². The Bertz CT molecular complexity index is 987. The van der Waals surface area contributed by atoms with Gasteiger partial charge in [-0.2, -0.15) is 0 Å². The molecule has 4 atom stereocenters. The lowest BCUT2D eigenvalue weighted by molar-refractivity contribution is -0.123. The highest BCUT2D eigenvalue weighted by Crippen LogP contribution is 2.56. The Morgan fingerprint density at radius 3 is 2.38 bits per heavy atom. The lowest BCUT2D eigenvalue weighted by Crippen LogP contribution is -2.33. The van der Waals surface area contributed by atoms with Crippen LogP contribution in [-0.4, -0.2) is 17.7 Å². The third kappa shape index (κ3) is 2.79. The van der Waals surface area contributed by atoms with Crippen molar-refractivity contribution in [3.05, 3.63) is 59.7 Å². The van der Waals surface area contributed by atoms with E-state index in [2.05, 4.69) is 5.32 Å². The van der Waals surface area contributed by atoms with E-state index in [1.807, 2.05) is 31.2 Å². The van der Waals surface area contributed by atoms with Gasteiger partial charge in [-0.1, -0.05) is 31.2 Å². The van der Waals surface area contributed by atoms with Crippen LogP contribution >= 0.6 is 0 Å². The van der Waals surface area contributed by atoms with Crippen LogP contribution in [0.3, 0.4) is 0 Å². The fraction of sp³-hybridized carbons (Fsp3) is 0.375. The summed E-state index contributed by atoms with van der Waals surface area (Å²) in [5.74, 6) is -0.0217. The van der Waals surface area contributed by atoms with Crippen molar-refractivity contribution in [3.8, 4) is 0 Å². The molecule has 2 aliphatic carbocycles. The number of rotatable bonds is 4. The van der Waals surface area contributed by atoms with Crippen LogP contribution in [-0.2, 0) is 16.0 Å². The first-order chi connectivity index (χ1) is 14.1. The van der Waals surface area contributed by atoms with Gasteiger partial charge in [0.15, 0.2) is 0 Å². The molecule has 0 aromatic heterocycles. The maximum Gasteiger partial charge on any atom is 0.255 e. The van der Waals surface area contributed by atoms with Crippen LogP contribution in [0.25, 0.3) is 0 Å². The molecule has 148 valence electrons. The third-order valence-corrected chi connectivity index (χ3v) is 6.94. The topological polar surface area (TPSA) is 66.5 Å². The maximum absolute atomic E-state index is 13.0. The van der Waals surface area contributed by atoms with Gasteiger partial charge in [-0.05, 0) is 67.3 Å². The van der Waals surface area contributed by atoms with E-state index in [0.29, 0.717) is 23.1 Å². The number of nitrogens with one attached hydrogen (secondary N) is 1. The molecule has 1 aliphatic heterocycles. The molecule has 2 saturated carbocycles. The number of para-hydroxylation sites is 1. The Morgan fingerprint density at radius 2 is 1.69 bits per heavy atom. The molecule has 5 heteroatoms. The summed E-state index contributed by atoms with van der Waals surface area (Å²) in [6.45, 7) is 2.04. The smallest absolute Gasteiger partial charge is 0.255 e. The largest absolute Gasteiger partial charge is 0.322 e. The van der Waals surface area contributed by atoms with Crippen LogP contribution in [0.15, 0.2) is 48.5 Å². The van der Waals surface area contributed by atoms with Crippen molar-refractivity contribution in [2.45, 2.75) is 32.6 Å². The molecule has 2 aromatic carbocycles.